The summed E-state index contributed by atoms with van der Waals surface area (Å²) in [5.41, 5.74) is -0.730. The molecule has 0 N–H and O–H groups in total. The third kappa shape index (κ3) is 3.13. The highest BCUT2D eigenvalue weighted by Crippen LogP contribution is 2.20. The lowest BCUT2D eigenvalue weighted by Crippen LogP contribution is -2.24. The van der Waals surface area contributed by atoms with E-state index in [1.807, 2.05) is 0 Å². The first kappa shape index (κ1) is 12.8. The molecule has 0 amide bonds. The molecule has 8 heteroatoms. The SMILES string of the molecule is COc1c(Cl)ncn(CCC(F)(F)F)c1=O. The quantitative estimate of drug-likeness (QED) is 0.776. The number of nitrogens with zero attached hydrogens (tertiary/aromatic N) is 2. The molecular weight excluding hydrogens is 249 g/mol. The van der Waals surface area contributed by atoms with Crippen LogP contribution in [0.4, 0.5) is 13.2 Å². The minimum Gasteiger partial charge on any atom is -0.489 e. The fraction of sp³-hybridized carbons (Fsp3) is 0.500. The van der Waals surface area contributed by atoms with Crippen molar-refractivity contribution in [2.45, 2.75) is 19.1 Å². The molecule has 1 heterocycles. The van der Waals surface area contributed by atoms with Crippen LogP contribution >= 0.6 is 11.6 Å². The van der Waals surface area contributed by atoms with Crippen LogP contribution in [-0.2, 0) is 6.54 Å². The van der Waals surface area contributed by atoms with Crippen molar-refractivity contribution in [1.82, 2.24) is 9.55 Å². The Morgan fingerprint density at radius 3 is 2.69 bits per heavy atom. The topological polar surface area (TPSA) is 44.1 Å². The van der Waals surface area contributed by atoms with E-state index in [-0.39, 0.29) is 10.9 Å². The predicted molar refractivity (Wildman–Crippen MR) is 50.7 cm³/mol. The zero-order valence-electron chi connectivity index (χ0n) is 8.21. The maximum absolute atomic E-state index is 11.9. The Kier molecular flexibility index (Phi) is 3.79. The van der Waals surface area contributed by atoms with Gasteiger partial charge in [0.05, 0.1) is 19.9 Å². The number of rotatable bonds is 3. The van der Waals surface area contributed by atoms with Crippen molar-refractivity contribution in [3.8, 4) is 5.75 Å². The maximum atomic E-state index is 11.9. The molecule has 0 aliphatic carbocycles. The van der Waals surface area contributed by atoms with Crippen LogP contribution in [-0.4, -0.2) is 22.8 Å². The molecule has 0 unspecified atom stereocenters. The summed E-state index contributed by atoms with van der Waals surface area (Å²) in [7, 11) is 1.19. The van der Waals surface area contributed by atoms with E-state index in [1.54, 1.807) is 0 Å². The molecule has 1 aromatic heterocycles. The second kappa shape index (κ2) is 4.73. The molecule has 0 fully saturated rings. The second-order valence-corrected chi connectivity index (χ2v) is 3.29. The summed E-state index contributed by atoms with van der Waals surface area (Å²) in [6, 6.07) is 0. The van der Waals surface area contributed by atoms with Gasteiger partial charge < -0.3 is 4.74 Å². The van der Waals surface area contributed by atoms with Gasteiger partial charge >= 0.3 is 6.18 Å². The summed E-state index contributed by atoms with van der Waals surface area (Å²) < 4.78 is 41.3. The van der Waals surface area contributed by atoms with Gasteiger partial charge in [-0.15, -0.1) is 0 Å². The molecular formula is C8H8ClF3N2O2. The van der Waals surface area contributed by atoms with E-state index < -0.39 is 24.7 Å². The van der Waals surface area contributed by atoms with Crippen molar-refractivity contribution in [1.29, 1.82) is 0 Å². The third-order valence-electron chi connectivity index (χ3n) is 1.79. The first-order valence-corrected chi connectivity index (χ1v) is 4.58. The molecule has 0 saturated heterocycles. The lowest BCUT2D eigenvalue weighted by molar-refractivity contribution is -0.136. The number of hydrogen-bond acceptors (Lipinski definition) is 3. The maximum Gasteiger partial charge on any atom is 0.390 e. The summed E-state index contributed by atoms with van der Waals surface area (Å²) in [5.74, 6) is -0.258. The van der Waals surface area contributed by atoms with E-state index in [4.69, 9.17) is 11.6 Å². The highest BCUT2D eigenvalue weighted by Gasteiger charge is 2.27. The molecule has 0 spiro atoms. The van der Waals surface area contributed by atoms with Crippen molar-refractivity contribution in [2.24, 2.45) is 0 Å². The Morgan fingerprint density at radius 1 is 1.56 bits per heavy atom. The van der Waals surface area contributed by atoms with E-state index in [0.29, 0.717) is 0 Å². The number of ether oxygens (including phenoxy) is 1. The Hall–Kier alpha value is -1.24. The van der Waals surface area contributed by atoms with Crippen LogP contribution in [0.15, 0.2) is 11.1 Å². The average molecular weight is 257 g/mol. The molecule has 0 atom stereocenters. The van der Waals surface area contributed by atoms with Gasteiger partial charge in [-0.1, -0.05) is 11.6 Å². The standard InChI is InChI=1S/C8H8ClF3N2O2/c1-16-5-6(9)13-4-14(7(5)15)3-2-8(10,11)12/h4H,2-3H2,1H3. The largest absolute Gasteiger partial charge is 0.489 e. The fourth-order valence-corrected chi connectivity index (χ4v) is 1.23. The van der Waals surface area contributed by atoms with Crippen LogP contribution in [0, 0.1) is 0 Å². The van der Waals surface area contributed by atoms with Gasteiger partial charge in [-0.25, -0.2) is 4.98 Å². The van der Waals surface area contributed by atoms with Crippen molar-refractivity contribution in [3.63, 3.8) is 0 Å². The van der Waals surface area contributed by atoms with Gasteiger partial charge in [0, 0.05) is 6.54 Å². The van der Waals surface area contributed by atoms with Crippen molar-refractivity contribution in [2.75, 3.05) is 7.11 Å². The second-order valence-electron chi connectivity index (χ2n) is 2.93. The van der Waals surface area contributed by atoms with Crippen LogP contribution < -0.4 is 10.3 Å². The molecule has 0 bridgehead atoms. The molecule has 0 saturated carbocycles. The molecule has 0 aliphatic rings. The third-order valence-corrected chi connectivity index (χ3v) is 2.06. The minimum atomic E-state index is -4.33. The van der Waals surface area contributed by atoms with Crippen LogP contribution in [0.3, 0.4) is 0 Å². The first-order valence-electron chi connectivity index (χ1n) is 4.21. The normalized spacial score (nSPS) is 11.6. The monoisotopic (exact) mass is 256 g/mol. The number of halogens is 4. The lowest BCUT2D eigenvalue weighted by Gasteiger charge is -2.09. The van der Waals surface area contributed by atoms with E-state index in [0.717, 1.165) is 10.9 Å². The van der Waals surface area contributed by atoms with Crippen LogP contribution in [0.2, 0.25) is 5.15 Å². The fourth-order valence-electron chi connectivity index (χ4n) is 1.03. The summed E-state index contributed by atoms with van der Waals surface area (Å²) in [6.07, 6.45) is -4.48. The number of alkyl halides is 3. The lowest BCUT2D eigenvalue weighted by atomic mass is 10.4. The predicted octanol–water partition coefficient (Wildman–Crippen LogP) is 1.86. The Morgan fingerprint density at radius 2 is 2.19 bits per heavy atom. The van der Waals surface area contributed by atoms with E-state index in [9.17, 15) is 18.0 Å². The number of hydrogen-bond donors (Lipinski definition) is 0. The van der Waals surface area contributed by atoms with Gasteiger partial charge in [0.25, 0.3) is 5.56 Å². The molecule has 1 rings (SSSR count). The molecule has 1 aromatic rings. The zero-order chi connectivity index (χ0) is 12.3. The van der Waals surface area contributed by atoms with Crippen molar-refractivity contribution < 1.29 is 17.9 Å². The summed E-state index contributed by atoms with van der Waals surface area (Å²) in [5, 5.41) is -0.171. The first-order chi connectivity index (χ1) is 7.35. The Balaban J connectivity index is 2.95. The molecule has 4 nitrogen and oxygen atoms in total. The van der Waals surface area contributed by atoms with Gasteiger partial charge in [-0.2, -0.15) is 13.2 Å². The van der Waals surface area contributed by atoms with Gasteiger partial charge in [0.1, 0.15) is 0 Å². The molecule has 90 valence electrons. The van der Waals surface area contributed by atoms with E-state index in [2.05, 4.69) is 9.72 Å². The average Bonchev–Trinajstić information content (AvgIpc) is 2.16. The van der Waals surface area contributed by atoms with E-state index in [1.165, 1.54) is 7.11 Å². The number of methoxy groups -OCH3 is 1. The van der Waals surface area contributed by atoms with E-state index >= 15 is 0 Å². The molecule has 0 aliphatic heterocycles. The minimum absolute atomic E-state index is 0.171. The number of aryl methyl sites for hydroxylation is 1. The zero-order valence-corrected chi connectivity index (χ0v) is 8.97. The van der Waals surface area contributed by atoms with Gasteiger partial charge in [-0.3, -0.25) is 9.36 Å². The molecule has 0 radical (unpaired) electrons. The Bertz CT molecular complexity index is 430. The van der Waals surface area contributed by atoms with Crippen LogP contribution in [0.5, 0.6) is 5.75 Å². The summed E-state index contributed by atoms with van der Waals surface area (Å²) in [6.45, 7) is -0.511. The Labute approximate surface area is 93.6 Å². The number of aromatic nitrogens is 2. The van der Waals surface area contributed by atoms with Crippen LogP contribution in [0.1, 0.15) is 6.42 Å². The van der Waals surface area contributed by atoms with Crippen molar-refractivity contribution in [3.05, 3.63) is 21.8 Å². The smallest absolute Gasteiger partial charge is 0.390 e. The highest BCUT2D eigenvalue weighted by atomic mass is 35.5. The van der Waals surface area contributed by atoms with Gasteiger partial charge in [-0.05, 0) is 0 Å². The molecule has 0 aromatic carbocycles. The van der Waals surface area contributed by atoms with Gasteiger partial charge in [0.2, 0.25) is 5.75 Å². The van der Waals surface area contributed by atoms with Crippen molar-refractivity contribution >= 4 is 11.6 Å². The van der Waals surface area contributed by atoms with Gasteiger partial charge in [0.15, 0.2) is 5.15 Å². The summed E-state index contributed by atoms with van der Waals surface area (Å²) in [4.78, 5) is 15.0. The van der Waals surface area contributed by atoms with Crippen LogP contribution in [0.25, 0.3) is 0 Å². The molecule has 16 heavy (non-hydrogen) atoms. The highest BCUT2D eigenvalue weighted by molar-refractivity contribution is 6.30. The summed E-state index contributed by atoms with van der Waals surface area (Å²) >= 11 is 5.52.